The molecule has 0 aliphatic carbocycles. The van der Waals surface area contributed by atoms with E-state index in [1.165, 1.54) is 36.7 Å². The van der Waals surface area contributed by atoms with Crippen molar-refractivity contribution in [3.05, 3.63) is 54.1 Å². The van der Waals surface area contributed by atoms with Gasteiger partial charge in [-0.15, -0.1) is 0 Å². The average Bonchev–Trinajstić information content (AvgIpc) is 3.45. The molecule has 0 saturated carbocycles. The second kappa shape index (κ2) is 14.6. The summed E-state index contributed by atoms with van der Waals surface area (Å²) in [5.41, 5.74) is 0.914. The van der Waals surface area contributed by atoms with Gasteiger partial charge >= 0.3 is 0 Å². The lowest BCUT2D eigenvalue weighted by molar-refractivity contribution is -0.122. The molecule has 1 heterocycles. The van der Waals surface area contributed by atoms with Crippen LogP contribution in [0.1, 0.15) is 25.8 Å². The average molecular weight is 564 g/mol. The quantitative estimate of drug-likeness (QED) is 0.300. The zero-order chi connectivity index (χ0) is 28.4. The third-order valence-electron chi connectivity index (χ3n) is 6.54. The molecule has 1 aliphatic heterocycles. The van der Waals surface area contributed by atoms with E-state index < -0.39 is 22.2 Å². The van der Waals surface area contributed by atoms with E-state index in [9.17, 15) is 18.3 Å². The number of carbonyl (C=O) groups is 1. The first-order chi connectivity index (χ1) is 18.6. The molecule has 3 rings (SSSR count). The number of hydrogen-bond acceptors (Lipinski definition) is 8. The fourth-order valence-corrected chi connectivity index (χ4v) is 6.12. The van der Waals surface area contributed by atoms with Gasteiger partial charge in [-0.25, -0.2) is 8.42 Å². The predicted molar refractivity (Wildman–Crippen MR) is 148 cm³/mol. The molecule has 0 unspecified atom stereocenters. The van der Waals surface area contributed by atoms with Crippen molar-refractivity contribution in [3.63, 3.8) is 0 Å². The maximum atomic E-state index is 13.7. The number of benzene rings is 2. The molecule has 10 nitrogen and oxygen atoms in total. The van der Waals surface area contributed by atoms with Crippen LogP contribution in [0.15, 0.2) is 53.4 Å². The highest BCUT2D eigenvalue weighted by molar-refractivity contribution is 7.89. The number of amides is 1. The van der Waals surface area contributed by atoms with Crippen LogP contribution >= 0.6 is 0 Å². The van der Waals surface area contributed by atoms with Crippen molar-refractivity contribution < 1.29 is 32.5 Å². The van der Waals surface area contributed by atoms with Crippen molar-refractivity contribution in [2.24, 2.45) is 5.92 Å². The summed E-state index contributed by atoms with van der Waals surface area (Å²) in [6, 6.07) is 13.3. The molecule has 1 fully saturated rings. The number of carbonyl (C=O) groups excluding carboxylic acids is 1. The molecule has 216 valence electrons. The molecule has 1 saturated heterocycles. The number of nitrogens with one attached hydrogen (secondary N) is 2. The number of aliphatic hydroxyl groups excluding tert-OH is 1. The number of aliphatic hydroxyl groups is 1. The molecule has 2 aromatic carbocycles. The van der Waals surface area contributed by atoms with E-state index in [0.717, 1.165) is 12.0 Å². The van der Waals surface area contributed by atoms with E-state index in [1.807, 2.05) is 44.2 Å². The Bertz CT molecular complexity index is 1160. The van der Waals surface area contributed by atoms with Crippen LogP contribution in [0.3, 0.4) is 0 Å². The van der Waals surface area contributed by atoms with Gasteiger partial charge in [0.15, 0.2) is 11.5 Å². The van der Waals surface area contributed by atoms with Gasteiger partial charge in [0.2, 0.25) is 15.9 Å². The smallest absolute Gasteiger partial charge is 0.243 e. The minimum Gasteiger partial charge on any atom is -0.493 e. The number of methoxy groups -OCH3 is 2. The lowest BCUT2D eigenvalue weighted by Gasteiger charge is -2.31. The van der Waals surface area contributed by atoms with E-state index in [0.29, 0.717) is 25.4 Å². The summed E-state index contributed by atoms with van der Waals surface area (Å²) in [5.74, 6) is 0.417. The van der Waals surface area contributed by atoms with Gasteiger partial charge in [-0.3, -0.25) is 4.79 Å². The van der Waals surface area contributed by atoms with E-state index in [1.54, 1.807) is 0 Å². The Morgan fingerprint density at radius 1 is 1.10 bits per heavy atom. The molecule has 1 amide bonds. The number of ether oxygens (including phenoxy) is 3. The van der Waals surface area contributed by atoms with Crippen molar-refractivity contribution >= 4 is 15.9 Å². The molecule has 0 spiro atoms. The van der Waals surface area contributed by atoms with Gasteiger partial charge < -0.3 is 30.0 Å². The second-order valence-corrected chi connectivity index (χ2v) is 12.0. The Balaban J connectivity index is 1.81. The Morgan fingerprint density at radius 3 is 2.44 bits per heavy atom. The van der Waals surface area contributed by atoms with Gasteiger partial charge in [-0.05, 0) is 36.5 Å². The summed E-state index contributed by atoms with van der Waals surface area (Å²) in [5, 5.41) is 17.5. The number of sulfonamides is 1. The first-order valence-corrected chi connectivity index (χ1v) is 14.6. The van der Waals surface area contributed by atoms with Gasteiger partial charge in [0.25, 0.3) is 0 Å². The van der Waals surface area contributed by atoms with Gasteiger partial charge in [-0.1, -0.05) is 44.2 Å². The summed E-state index contributed by atoms with van der Waals surface area (Å²) in [4.78, 5) is 12.9. The Labute approximate surface area is 231 Å². The molecule has 3 atom stereocenters. The fraction of sp³-hybridized carbons (Fsp3) is 0.536. The maximum absolute atomic E-state index is 13.7. The summed E-state index contributed by atoms with van der Waals surface area (Å²) in [6.45, 7) is 5.10. The summed E-state index contributed by atoms with van der Waals surface area (Å²) in [6.07, 6.45) is 0.00548. The van der Waals surface area contributed by atoms with Crippen LogP contribution in [0.5, 0.6) is 11.5 Å². The van der Waals surface area contributed by atoms with Gasteiger partial charge in [-0.2, -0.15) is 4.31 Å². The van der Waals surface area contributed by atoms with Gasteiger partial charge in [0.1, 0.15) is 0 Å². The molecular formula is C28H41N3O7S. The lowest BCUT2D eigenvalue weighted by atomic mass is 10.0. The number of rotatable bonds is 15. The van der Waals surface area contributed by atoms with Gasteiger partial charge in [0, 0.05) is 31.8 Å². The molecule has 1 aliphatic rings. The van der Waals surface area contributed by atoms with Crippen LogP contribution in [0.25, 0.3) is 0 Å². The highest BCUT2D eigenvalue weighted by atomic mass is 32.2. The fourth-order valence-electron chi connectivity index (χ4n) is 4.48. The number of nitrogens with zero attached hydrogens (tertiary/aromatic N) is 1. The van der Waals surface area contributed by atoms with Crippen LogP contribution < -0.4 is 20.1 Å². The first-order valence-electron chi connectivity index (χ1n) is 13.2. The topological polar surface area (TPSA) is 126 Å². The zero-order valence-electron chi connectivity index (χ0n) is 23.1. The van der Waals surface area contributed by atoms with Gasteiger partial charge in [0.05, 0.1) is 44.4 Å². The van der Waals surface area contributed by atoms with Crippen LogP contribution in [0.2, 0.25) is 0 Å². The first kappa shape index (κ1) is 30.8. The van der Waals surface area contributed by atoms with E-state index >= 15 is 0 Å². The molecular weight excluding hydrogens is 522 g/mol. The lowest BCUT2D eigenvalue weighted by Crippen LogP contribution is -2.53. The van der Waals surface area contributed by atoms with Crippen LogP contribution in [0, 0.1) is 5.92 Å². The zero-order valence-corrected chi connectivity index (χ0v) is 23.9. The Kier molecular flexibility index (Phi) is 11.6. The minimum absolute atomic E-state index is 0.00730. The molecule has 0 bridgehead atoms. The summed E-state index contributed by atoms with van der Waals surface area (Å²) in [7, 11) is -1.09. The summed E-state index contributed by atoms with van der Waals surface area (Å²) < 4.78 is 44.6. The third-order valence-corrected chi connectivity index (χ3v) is 8.37. The molecule has 3 N–H and O–H groups in total. The minimum atomic E-state index is -4.01. The van der Waals surface area contributed by atoms with Crippen LogP contribution in [0.4, 0.5) is 0 Å². The molecule has 0 aromatic heterocycles. The Morgan fingerprint density at radius 2 is 1.82 bits per heavy atom. The van der Waals surface area contributed by atoms with Crippen molar-refractivity contribution in [3.8, 4) is 11.5 Å². The van der Waals surface area contributed by atoms with Crippen molar-refractivity contribution in [1.82, 2.24) is 14.9 Å². The molecule has 0 radical (unpaired) electrons. The highest BCUT2D eigenvalue weighted by Crippen LogP contribution is 2.31. The van der Waals surface area contributed by atoms with Crippen LogP contribution in [-0.2, 0) is 26.0 Å². The van der Waals surface area contributed by atoms with Crippen molar-refractivity contribution in [2.45, 2.75) is 49.8 Å². The highest BCUT2D eigenvalue weighted by Gasteiger charge is 2.32. The standard InChI is InChI=1S/C28H41N3O7S/c1-20(2)17-31(39(34,35)23-10-11-26(36-3)27(15-23)37-4)18-25(32)24(14-21-8-6-5-7-9-21)30-28(33)16-29-22-12-13-38-19-22/h5-11,15,20,22,24-25,29,32H,12-14,16-19H2,1-4H3,(H,30,33)/t22-,24+,25-/m1/s1. The Hall–Kier alpha value is -2.70. The summed E-state index contributed by atoms with van der Waals surface area (Å²) >= 11 is 0. The largest absolute Gasteiger partial charge is 0.493 e. The number of hydrogen-bond donors (Lipinski definition) is 3. The molecule has 11 heteroatoms. The van der Waals surface area contributed by atoms with E-state index in [-0.39, 0.29) is 48.1 Å². The van der Waals surface area contributed by atoms with Crippen LogP contribution in [-0.4, -0.2) is 89.0 Å². The van der Waals surface area contributed by atoms with Crippen molar-refractivity contribution in [2.75, 3.05) is 47.1 Å². The normalized spacial score (nSPS) is 17.3. The van der Waals surface area contributed by atoms with E-state index in [4.69, 9.17) is 14.2 Å². The molecule has 39 heavy (non-hydrogen) atoms. The monoisotopic (exact) mass is 563 g/mol. The molecule has 2 aromatic rings. The van der Waals surface area contributed by atoms with Crippen molar-refractivity contribution in [1.29, 1.82) is 0 Å². The SMILES string of the molecule is COc1ccc(S(=O)(=O)N(CC(C)C)C[C@@H](O)[C@H](Cc2ccccc2)NC(=O)CN[C@@H]2CCOC2)cc1OC. The predicted octanol–water partition coefficient (Wildman–Crippen LogP) is 1.82. The third kappa shape index (κ3) is 8.91. The maximum Gasteiger partial charge on any atom is 0.243 e. The van der Waals surface area contributed by atoms with E-state index in [2.05, 4.69) is 10.6 Å². The second-order valence-electron chi connectivity index (χ2n) is 10.1.